The molecule has 0 aromatic carbocycles. The highest BCUT2D eigenvalue weighted by Crippen LogP contribution is 2.19. The summed E-state index contributed by atoms with van der Waals surface area (Å²) in [6.45, 7) is 2.15. The molecule has 15 heavy (non-hydrogen) atoms. The number of aliphatic hydroxyl groups excluding tert-OH is 1. The zero-order valence-electron chi connectivity index (χ0n) is 8.72. The Morgan fingerprint density at radius 3 is 3.07 bits per heavy atom. The van der Waals surface area contributed by atoms with Crippen LogP contribution in [-0.2, 0) is 0 Å². The van der Waals surface area contributed by atoms with Gasteiger partial charge >= 0.3 is 0 Å². The first-order valence-electron chi connectivity index (χ1n) is 5.13. The van der Waals surface area contributed by atoms with Gasteiger partial charge in [0.25, 0.3) is 0 Å². The molecule has 1 aliphatic rings. The van der Waals surface area contributed by atoms with E-state index in [0.717, 1.165) is 12.1 Å². The molecule has 0 radical (unpaired) electrons. The van der Waals surface area contributed by atoms with Gasteiger partial charge < -0.3 is 10.4 Å². The Hall–Kier alpha value is -1.42. The van der Waals surface area contributed by atoms with Crippen LogP contribution < -0.4 is 5.32 Å². The second kappa shape index (κ2) is 4.40. The number of aromatic nitrogens is 2. The van der Waals surface area contributed by atoms with Gasteiger partial charge in [-0.3, -0.25) is 0 Å². The summed E-state index contributed by atoms with van der Waals surface area (Å²) in [5, 5.41) is 12.2. The lowest BCUT2D eigenvalue weighted by atomic mass is 10.1. The summed E-state index contributed by atoms with van der Waals surface area (Å²) in [6, 6.07) is 2.11. The maximum atomic E-state index is 8.98. The lowest BCUT2D eigenvalue weighted by molar-refractivity contribution is 0.250. The molecule has 0 spiro atoms. The number of aliphatic hydroxyl groups is 1. The van der Waals surface area contributed by atoms with E-state index >= 15 is 0 Å². The topological polar surface area (TPSA) is 58.0 Å². The molecule has 4 nitrogen and oxygen atoms in total. The standard InChI is InChI=1S/C11H15N3O/c1-8-4-5-12-11(13-8)14-10-3-2-9(6-10)7-15/h2-5,9-10,15H,6-7H2,1H3,(H,12,13,14)/t9-,10+/m0/s1. The number of hydrogen-bond acceptors (Lipinski definition) is 4. The summed E-state index contributed by atoms with van der Waals surface area (Å²) in [5.41, 5.74) is 0.952. The maximum Gasteiger partial charge on any atom is 0.223 e. The summed E-state index contributed by atoms with van der Waals surface area (Å²) in [6.07, 6.45) is 6.75. The van der Waals surface area contributed by atoms with Crippen LogP contribution in [0.25, 0.3) is 0 Å². The highest BCUT2D eigenvalue weighted by atomic mass is 16.3. The molecule has 1 aromatic heterocycles. The molecule has 0 bridgehead atoms. The van der Waals surface area contributed by atoms with E-state index in [9.17, 15) is 0 Å². The van der Waals surface area contributed by atoms with Crippen LogP contribution in [0.15, 0.2) is 24.4 Å². The molecule has 80 valence electrons. The Balaban J connectivity index is 1.96. The first-order chi connectivity index (χ1) is 7.28. The molecule has 0 fully saturated rings. The summed E-state index contributed by atoms with van der Waals surface area (Å²) in [5.74, 6) is 0.926. The molecule has 2 atom stereocenters. The van der Waals surface area contributed by atoms with Crippen LogP contribution >= 0.6 is 0 Å². The van der Waals surface area contributed by atoms with E-state index < -0.39 is 0 Å². The van der Waals surface area contributed by atoms with Crippen LogP contribution in [0.4, 0.5) is 5.95 Å². The molecular weight excluding hydrogens is 190 g/mol. The van der Waals surface area contributed by atoms with E-state index in [-0.39, 0.29) is 18.6 Å². The van der Waals surface area contributed by atoms with Crippen LogP contribution in [-0.4, -0.2) is 27.7 Å². The van der Waals surface area contributed by atoms with Crippen molar-refractivity contribution in [3.05, 3.63) is 30.1 Å². The molecule has 0 aliphatic heterocycles. The fraction of sp³-hybridized carbons (Fsp3) is 0.455. The van der Waals surface area contributed by atoms with Crippen LogP contribution in [0.1, 0.15) is 12.1 Å². The fourth-order valence-corrected chi connectivity index (χ4v) is 1.70. The van der Waals surface area contributed by atoms with Gasteiger partial charge in [0.1, 0.15) is 0 Å². The van der Waals surface area contributed by atoms with E-state index in [1.807, 2.05) is 19.1 Å². The third kappa shape index (κ3) is 2.53. The lowest BCUT2D eigenvalue weighted by Crippen LogP contribution is -2.18. The molecule has 0 saturated carbocycles. The van der Waals surface area contributed by atoms with Gasteiger partial charge in [-0.05, 0) is 19.4 Å². The Morgan fingerprint density at radius 1 is 1.53 bits per heavy atom. The Bertz CT molecular complexity index is 365. The minimum Gasteiger partial charge on any atom is -0.396 e. The van der Waals surface area contributed by atoms with Gasteiger partial charge in [0.15, 0.2) is 0 Å². The van der Waals surface area contributed by atoms with E-state index in [2.05, 4.69) is 21.4 Å². The molecule has 2 rings (SSSR count). The Labute approximate surface area is 89.1 Å². The van der Waals surface area contributed by atoms with Gasteiger partial charge in [-0.25, -0.2) is 9.97 Å². The molecule has 4 heteroatoms. The Morgan fingerprint density at radius 2 is 2.40 bits per heavy atom. The lowest BCUT2D eigenvalue weighted by Gasteiger charge is -2.12. The number of nitrogens with one attached hydrogen (secondary N) is 1. The molecule has 1 aromatic rings. The van der Waals surface area contributed by atoms with Crippen molar-refractivity contribution in [1.29, 1.82) is 0 Å². The molecule has 0 saturated heterocycles. The second-order valence-corrected chi connectivity index (χ2v) is 3.84. The predicted molar refractivity (Wildman–Crippen MR) is 58.5 cm³/mol. The van der Waals surface area contributed by atoms with Gasteiger partial charge in [0, 0.05) is 30.5 Å². The van der Waals surface area contributed by atoms with Crippen molar-refractivity contribution in [2.75, 3.05) is 11.9 Å². The number of rotatable bonds is 3. The smallest absolute Gasteiger partial charge is 0.223 e. The summed E-state index contributed by atoms with van der Waals surface area (Å²) in [4.78, 5) is 8.40. The van der Waals surface area contributed by atoms with Crippen molar-refractivity contribution in [3.63, 3.8) is 0 Å². The van der Waals surface area contributed by atoms with E-state index in [1.165, 1.54) is 0 Å². The first kappa shape index (κ1) is 10.1. The zero-order valence-corrected chi connectivity index (χ0v) is 8.72. The van der Waals surface area contributed by atoms with E-state index in [1.54, 1.807) is 6.20 Å². The summed E-state index contributed by atoms with van der Waals surface area (Å²) in [7, 11) is 0. The van der Waals surface area contributed by atoms with E-state index in [0.29, 0.717) is 5.95 Å². The minimum absolute atomic E-state index is 0.212. The fourth-order valence-electron chi connectivity index (χ4n) is 1.70. The second-order valence-electron chi connectivity index (χ2n) is 3.84. The predicted octanol–water partition coefficient (Wildman–Crippen LogP) is 1.13. The molecule has 0 amide bonds. The zero-order chi connectivity index (χ0) is 10.7. The number of anilines is 1. The number of nitrogens with zero attached hydrogens (tertiary/aromatic N) is 2. The van der Waals surface area contributed by atoms with Gasteiger partial charge in [-0.1, -0.05) is 12.2 Å². The van der Waals surface area contributed by atoms with E-state index in [4.69, 9.17) is 5.11 Å². The molecule has 2 N–H and O–H groups in total. The molecule has 1 aliphatic carbocycles. The number of aryl methyl sites for hydroxylation is 1. The van der Waals surface area contributed by atoms with Gasteiger partial charge in [0.05, 0.1) is 0 Å². The highest BCUT2D eigenvalue weighted by Gasteiger charge is 2.18. The van der Waals surface area contributed by atoms with Crippen LogP contribution in [0.3, 0.4) is 0 Å². The van der Waals surface area contributed by atoms with Crippen molar-refractivity contribution < 1.29 is 5.11 Å². The van der Waals surface area contributed by atoms with Gasteiger partial charge in [-0.2, -0.15) is 0 Å². The monoisotopic (exact) mass is 205 g/mol. The normalized spacial score (nSPS) is 24.4. The summed E-state index contributed by atoms with van der Waals surface area (Å²) >= 11 is 0. The number of hydrogen-bond donors (Lipinski definition) is 2. The average Bonchev–Trinajstić information content (AvgIpc) is 2.65. The Kier molecular flexibility index (Phi) is 2.97. The molecule has 1 heterocycles. The van der Waals surface area contributed by atoms with Crippen LogP contribution in [0.2, 0.25) is 0 Å². The maximum absolute atomic E-state index is 8.98. The van der Waals surface area contributed by atoms with Crippen molar-refractivity contribution in [1.82, 2.24) is 9.97 Å². The summed E-state index contributed by atoms with van der Waals surface area (Å²) < 4.78 is 0. The van der Waals surface area contributed by atoms with Crippen molar-refractivity contribution >= 4 is 5.95 Å². The highest BCUT2D eigenvalue weighted by molar-refractivity contribution is 5.30. The third-order valence-corrected chi connectivity index (χ3v) is 2.52. The van der Waals surface area contributed by atoms with Crippen molar-refractivity contribution in [2.45, 2.75) is 19.4 Å². The molecule has 0 unspecified atom stereocenters. The van der Waals surface area contributed by atoms with Gasteiger partial charge in [-0.15, -0.1) is 0 Å². The minimum atomic E-state index is 0.212. The SMILES string of the molecule is Cc1ccnc(N[C@@H]2C=C[C@H](CO)C2)n1. The largest absolute Gasteiger partial charge is 0.396 e. The molecular formula is C11H15N3O. The quantitative estimate of drug-likeness (QED) is 0.726. The van der Waals surface area contributed by atoms with Crippen LogP contribution in [0.5, 0.6) is 0 Å². The first-order valence-corrected chi connectivity index (χ1v) is 5.13. The van der Waals surface area contributed by atoms with Crippen LogP contribution in [0, 0.1) is 12.8 Å². The third-order valence-electron chi connectivity index (χ3n) is 2.52. The van der Waals surface area contributed by atoms with Gasteiger partial charge in [0.2, 0.25) is 5.95 Å². The van der Waals surface area contributed by atoms with Crippen molar-refractivity contribution in [2.24, 2.45) is 5.92 Å². The average molecular weight is 205 g/mol. The van der Waals surface area contributed by atoms with Crippen molar-refractivity contribution in [3.8, 4) is 0 Å².